The number of rotatable bonds is 6. The topological polar surface area (TPSA) is 33.3 Å². The van der Waals surface area contributed by atoms with Gasteiger partial charge in [0.15, 0.2) is 0 Å². The van der Waals surface area contributed by atoms with E-state index in [0.29, 0.717) is 0 Å². The number of benzene rings is 1. The Kier molecular flexibility index (Phi) is 6.95. The first kappa shape index (κ1) is 17.4. The summed E-state index contributed by atoms with van der Waals surface area (Å²) in [6, 6.07) is 8.00. The first-order valence-corrected chi connectivity index (χ1v) is 8.34. The van der Waals surface area contributed by atoms with Gasteiger partial charge in [0.25, 0.3) is 0 Å². The maximum Gasteiger partial charge on any atom is 0.120 e. The van der Waals surface area contributed by atoms with Crippen LogP contribution in [-0.2, 0) is 0 Å². The van der Waals surface area contributed by atoms with Crippen molar-refractivity contribution in [2.45, 2.75) is 33.1 Å². The van der Waals surface area contributed by atoms with E-state index >= 15 is 0 Å². The second kappa shape index (κ2) is 9.21. The molecule has 0 saturated carbocycles. The summed E-state index contributed by atoms with van der Waals surface area (Å²) in [7, 11) is 1.69. The molecule has 0 fully saturated rings. The van der Waals surface area contributed by atoms with E-state index in [1.807, 2.05) is 18.2 Å². The molecular formula is C20H28N2O. The number of nitrogens with one attached hydrogen (secondary N) is 2. The van der Waals surface area contributed by atoms with Crippen molar-refractivity contribution in [3.8, 4) is 5.75 Å². The van der Waals surface area contributed by atoms with E-state index in [1.165, 1.54) is 11.1 Å². The molecule has 0 unspecified atom stereocenters. The monoisotopic (exact) mass is 312 g/mol. The van der Waals surface area contributed by atoms with Crippen molar-refractivity contribution in [1.82, 2.24) is 5.32 Å². The van der Waals surface area contributed by atoms with E-state index in [1.54, 1.807) is 7.11 Å². The van der Waals surface area contributed by atoms with E-state index in [-0.39, 0.29) is 0 Å². The van der Waals surface area contributed by atoms with E-state index in [0.717, 1.165) is 49.5 Å². The Morgan fingerprint density at radius 3 is 3.00 bits per heavy atom. The van der Waals surface area contributed by atoms with Gasteiger partial charge in [-0.15, -0.1) is 0 Å². The maximum atomic E-state index is 5.27. The predicted octanol–water partition coefficient (Wildman–Crippen LogP) is 4.66. The number of allylic oxidation sites excluding steroid dienone is 4. The van der Waals surface area contributed by atoms with Crippen molar-refractivity contribution < 1.29 is 4.74 Å². The van der Waals surface area contributed by atoms with Crippen LogP contribution in [0.3, 0.4) is 0 Å². The van der Waals surface area contributed by atoms with Gasteiger partial charge in [0.05, 0.1) is 7.11 Å². The SMILES string of the molecule is C/C=C(\C=C(\C)Nc1cccc(OC)c1)CC1=CCCNCC1. The summed E-state index contributed by atoms with van der Waals surface area (Å²) in [6.45, 7) is 6.40. The van der Waals surface area contributed by atoms with Crippen LogP contribution in [0.1, 0.15) is 33.1 Å². The smallest absolute Gasteiger partial charge is 0.120 e. The lowest BCUT2D eigenvalue weighted by Gasteiger charge is -2.11. The fraction of sp³-hybridized carbons (Fsp3) is 0.400. The Morgan fingerprint density at radius 2 is 2.22 bits per heavy atom. The largest absolute Gasteiger partial charge is 0.497 e. The molecule has 1 aromatic carbocycles. The molecule has 0 aliphatic carbocycles. The highest BCUT2D eigenvalue weighted by Crippen LogP contribution is 2.21. The highest BCUT2D eigenvalue weighted by Gasteiger charge is 2.04. The van der Waals surface area contributed by atoms with Gasteiger partial charge in [-0.3, -0.25) is 0 Å². The van der Waals surface area contributed by atoms with Gasteiger partial charge >= 0.3 is 0 Å². The molecule has 124 valence electrons. The molecule has 0 atom stereocenters. The van der Waals surface area contributed by atoms with Gasteiger partial charge in [-0.05, 0) is 70.0 Å². The summed E-state index contributed by atoms with van der Waals surface area (Å²) in [6.07, 6.45) is 10.1. The standard InChI is InChI=1S/C20H28N2O/c1-4-17(14-18-7-6-11-21-12-10-18)13-16(2)22-19-8-5-9-20(15-19)23-3/h4-5,7-9,13,15,21-22H,6,10-12,14H2,1-3H3/b16-13-,17-4+. The third-order valence-electron chi connectivity index (χ3n) is 3.99. The van der Waals surface area contributed by atoms with Gasteiger partial charge in [-0.2, -0.15) is 0 Å². The maximum absolute atomic E-state index is 5.27. The van der Waals surface area contributed by atoms with Gasteiger partial charge in [-0.1, -0.05) is 23.8 Å². The van der Waals surface area contributed by atoms with Crippen molar-refractivity contribution in [3.05, 3.63) is 59.3 Å². The van der Waals surface area contributed by atoms with Crippen molar-refractivity contribution in [2.75, 3.05) is 25.5 Å². The van der Waals surface area contributed by atoms with Crippen LogP contribution in [0.15, 0.2) is 59.3 Å². The van der Waals surface area contributed by atoms with Gasteiger partial charge in [0, 0.05) is 17.5 Å². The lowest BCUT2D eigenvalue weighted by molar-refractivity contribution is 0.415. The summed E-state index contributed by atoms with van der Waals surface area (Å²) in [4.78, 5) is 0. The molecule has 0 amide bonds. The highest BCUT2D eigenvalue weighted by atomic mass is 16.5. The Labute approximate surface area is 140 Å². The Bertz CT molecular complexity index is 599. The van der Waals surface area contributed by atoms with Crippen LogP contribution in [0.2, 0.25) is 0 Å². The number of anilines is 1. The van der Waals surface area contributed by atoms with Gasteiger partial charge in [-0.25, -0.2) is 0 Å². The lowest BCUT2D eigenvalue weighted by Crippen LogP contribution is -2.14. The first-order valence-electron chi connectivity index (χ1n) is 8.34. The zero-order chi connectivity index (χ0) is 16.5. The zero-order valence-corrected chi connectivity index (χ0v) is 14.5. The Hall–Kier alpha value is -2.00. The minimum atomic E-state index is 0.866. The first-order chi connectivity index (χ1) is 11.2. The molecule has 1 aliphatic heterocycles. The van der Waals surface area contributed by atoms with Crippen LogP contribution in [0, 0.1) is 0 Å². The summed E-state index contributed by atoms with van der Waals surface area (Å²) in [5, 5.41) is 6.88. The van der Waals surface area contributed by atoms with Crippen LogP contribution in [0.25, 0.3) is 0 Å². The van der Waals surface area contributed by atoms with Gasteiger partial charge < -0.3 is 15.4 Å². The summed E-state index contributed by atoms with van der Waals surface area (Å²) >= 11 is 0. The fourth-order valence-electron chi connectivity index (χ4n) is 2.76. The molecule has 1 aromatic rings. The van der Waals surface area contributed by atoms with Crippen LogP contribution in [-0.4, -0.2) is 20.2 Å². The number of methoxy groups -OCH3 is 1. The van der Waals surface area contributed by atoms with Crippen LogP contribution < -0.4 is 15.4 Å². The average Bonchev–Trinajstić information content (AvgIpc) is 2.83. The van der Waals surface area contributed by atoms with E-state index < -0.39 is 0 Å². The molecule has 0 spiro atoms. The van der Waals surface area contributed by atoms with Crippen molar-refractivity contribution >= 4 is 5.69 Å². The highest BCUT2D eigenvalue weighted by molar-refractivity contribution is 5.52. The molecule has 3 nitrogen and oxygen atoms in total. The lowest BCUT2D eigenvalue weighted by atomic mass is 10.0. The fourth-order valence-corrected chi connectivity index (χ4v) is 2.76. The molecule has 2 rings (SSSR count). The van der Waals surface area contributed by atoms with Crippen molar-refractivity contribution in [1.29, 1.82) is 0 Å². The van der Waals surface area contributed by atoms with Gasteiger partial charge in [0.2, 0.25) is 0 Å². The van der Waals surface area contributed by atoms with Crippen LogP contribution >= 0.6 is 0 Å². The van der Waals surface area contributed by atoms with Crippen molar-refractivity contribution in [2.24, 2.45) is 0 Å². The summed E-state index contributed by atoms with van der Waals surface area (Å²) < 4.78 is 5.27. The number of ether oxygens (including phenoxy) is 1. The zero-order valence-electron chi connectivity index (χ0n) is 14.5. The van der Waals surface area contributed by atoms with E-state index in [2.05, 4.69) is 48.8 Å². The Balaban J connectivity index is 2.00. The molecule has 0 aromatic heterocycles. The second-order valence-corrected chi connectivity index (χ2v) is 5.88. The van der Waals surface area contributed by atoms with Crippen LogP contribution in [0.5, 0.6) is 5.75 Å². The third-order valence-corrected chi connectivity index (χ3v) is 3.99. The minimum Gasteiger partial charge on any atom is -0.497 e. The van der Waals surface area contributed by atoms with E-state index in [9.17, 15) is 0 Å². The van der Waals surface area contributed by atoms with Crippen molar-refractivity contribution in [3.63, 3.8) is 0 Å². The molecule has 0 saturated heterocycles. The molecule has 1 heterocycles. The normalized spacial score (nSPS) is 16.6. The molecular weight excluding hydrogens is 284 g/mol. The number of hydrogen-bond donors (Lipinski definition) is 2. The second-order valence-electron chi connectivity index (χ2n) is 5.88. The molecule has 2 N–H and O–H groups in total. The van der Waals surface area contributed by atoms with Crippen LogP contribution in [0.4, 0.5) is 5.69 Å². The predicted molar refractivity (Wildman–Crippen MR) is 98.9 cm³/mol. The molecule has 1 aliphatic rings. The molecule has 23 heavy (non-hydrogen) atoms. The molecule has 3 heteroatoms. The number of hydrogen-bond acceptors (Lipinski definition) is 3. The third kappa shape index (κ3) is 5.95. The van der Waals surface area contributed by atoms with Gasteiger partial charge in [0.1, 0.15) is 5.75 Å². The summed E-state index contributed by atoms with van der Waals surface area (Å²) in [5.74, 6) is 0.866. The minimum absolute atomic E-state index is 0.866. The molecule has 0 bridgehead atoms. The Morgan fingerprint density at radius 1 is 1.35 bits per heavy atom. The average molecular weight is 312 g/mol. The quantitative estimate of drug-likeness (QED) is 0.592. The van der Waals surface area contributed by atoms with E-state index in [4.69, 9.17) is 4.74 Å². The summed E-state index contributed by atoms with van der Waals surface area (Å²) in [5.41, 5.74) is 5.07. The molecule has 0 radical (unpaired) electrons.